The average Bonchev–Trinajstić information content (AvgIpc) is 2.61. The zero-order valence-corrected chi connectivity index (χ0v) is 6.71. The van der Waals surface area contributed by atoms with Gasteiger partial charge < -0.3 is 9.84 Å². The number of ether oxygens (including phenoxy) is 1. The van der Waals surface area contributed by atoms with Gasteiger partial charge in [-0.3, -0.25) is 0 Å². The first-order chi connectivity index (χ1) is 4.74. The summed E-state index contributed by atoms with van der Waals surface area (Å²) in [6.07, 6.45) is 1.43. The van der Waals surface area contributed by atoms with Gasteiger partial charge in [0.15, 0.2) is 0 Å². The maximum atomic E-state index is 8.66. The molecule has 0 saturated heterocycles. The van der Waals surface area contributed by atoms with Crippen LogP contribution in [0.15, 0.2) is 0 Å². The summed E-state index contributed by atoms with van der Waals surface area (Å²) < 4.78 is 5.46. The second-order valence-electron chi connectivity index (χ2n) is 3.44. The summed E-state index contributed by atoms with van der Waals surface area (Å²) >= 11 is 0. The van der Waals surface area contributed by atoms with Crippen molar-refractivity contribution in [3.63, 3.8) is 0 Å². The van der Waals surface area contributed by atoms with Crippen molar-refractivity contribution in [1.29, 1.82) is 0 Å². The fourth-order valence-corrected chi connectivity index (χ4v) is 0.932. The van der Waals surface area contributed by atoms with E-state index >= 15 is 0 Å². The van der Waals surface area contributed by atoms with Crippen molar-refractivity contribution in [2.45, 2.75) is 26.4 Å². The molecule has 0 spiro atoms. The molecule has 0 unspecified atom stereocenters. The average molecular weight is 144 g/mol. The molecular weight excluding hydrogens is 128 g/mol. The topological polar surface area (TPSA) is 29.5 Å². The van der Waals surface area contributed by atoms with Gasteiger partial charge in [-0.25, -0.2) is 0 Å². The van der Waals surface area contributed by atoms with Crippen LogP contribution in [0.25, 0.3) is 0 Å². The van der Waals surface area contributed by atoms with Crippen molar-refractivity contribution in [3.8, 4) is 0 Å². The first kappa shape index (κ1) is 8.02. The van der Waals surface area contributed by atoms with Crippen LogP contribution in [0.2, 0.25) is 0 Å². The highest BCUT2D eigenvalue weighted by molar-refractivity contribution is 4.86. The van der Waals surface area contributed by atoms with Crippen LogP contribution in [0.5, 0.6) is 0 Å². The fourth-order valence-electron chi connectivity index (χ4n) is 0.932. The molecule has 1 N–H and O–H groups in total. The lowest BCUT2D eigenvalue weighted by Crippen LogP contribution is -2.05. The summed E-state index contributed by atoms with van der Waals surface area (Å²) in [5, 5.41) is 8.66. The van der Waals surface area contributed by atoms with Gasteiger partial charge in [0.1, 0.15) is 0 Å². The maximum absolute atomic E-state index is 8.66. The molecule has 0 aromatic carbocycles. The van der Waals surface area contributed by atoms with Gasteiger partial charge >= 0.3 is 0 Å². The number of aliphatic hydroxyl groups is 1. The number of hydrogen-bond donors (Lipinski definition) is 1. The van der Waals surface area contributed by atoms with Crippen molar-refractivity contribution >= 4 is 0 Å². The van der Waals surface area contributed by atoms with Crippen LogP contribution in [0, 0.1) is 11.8 Å². The van der Waals surface area contributed by atoms with E-state index in [1.807, 2.05) is 0 Å². The van der Waals surface area contributed by atoms with Crippen molar-refractivity contribution in [2.75, 3.05) is 13.2 Å². The van der Waals surface area contributed by atoms with Crippen LogP contribution in [-0.2, 0) is 4.74 Å². The molecule has 1 fully saturated rings. The molecule has 2 atom stereocenters. The molecule has 0 radical (unpaired) electrons. The zero-order valence-electron chi connectivity index (χ0n) is 6.71. The van der Waals surface area contributed by atoms with Crippen LogP contribution in [0.4, 0.5) is 0 Å². The Bertz CT molecular complexity index is 101. The lowest BCUT2D eigenvalue weighted by Gasteiger charge is -2.04. The molecule has 0 aliphatic heterocycles. The highest BCUT2D eigenvalue weighted by Crippen LogP contribution is 2.33. The van der Waals surface area contributed by atoms with Crippen LogP contribution in [0.3, 0.4) is 0 Å². The summed E-state index contributed by atoms with van der Waals surface area (Å²) in [6, 6.07) is 0. The Morgan fingerprint density at radius 3 is 2.70 bits per heavy atom. The minimum atomic E-state index is 0.294. The molecule has 1 aliphatic carbocycles. The molecule has 2 nitrogen and oxygen atoms in total. The van der Waals surface area contributed by atoms with Gasteiger partial charge in [0.25, 0.3) is 0 Å². The lowest BCUT2D eigenvalue weighted by molar-refractivity contribution is 0.0787. The molecule has 2 heteroatoms. The van der Waals surface area contributed by atoms with Gasteiger partial charge in [-0.15, -0.1) is 0 Å². The smallest absolute Gasteiger partial charge is 0.0630 e. The van der Waals surface area contributed by atoms with Crippen LogP contribution < -0.4 is 0 Å². The molecular formula is C8H16O2. The molecule has 1 aliphatic rings. The third kappa shape index (κ3) is 2.27. The van der Waals surface area contributed by atoms with E-state index in [0.717, 1.165) is 13.0 Å². The van der Waals surface area contributed by atoms with Gasteiger partial charge in [0, 0.05) is 19.1 Å². The quantitative estimate of drug-likeness (QED) is 0.638. The van der Waals surface area contributed by atoms with Crippen molar-refractivity contribution in [2.24, 2.45) is 11.8 Å². The fraction of sp³-hybridized carbons (Fsp3) is 1.00. The van der Waals surface area contributed by atoms with E-state index in [9.17, 15) is 0 Å². The third-order valence-corrected chi connectivity index (χ3v) is 1.74. The predicted molar refractivity (Wildman–Crippen MR) is 39.8 cm³/mol. The second kappa shape index (κ2) is 3.35. The zero-order chi connectivity index (χ0) is 7.56. The Balaban J connectivity index is 1.96. The summed E-state index contributed by atoms with van der Waals surface area (Å²) in [4.78, 5) is 0. The summed E-state index contributed by atoms with van der Waals surface area (Å²) in [5.41, 5.74) is 0. The molecule has 0 heterocycles. The van der Waals surface area contributed by atoms with Crippen molar-refractivity contribution in [3.05, 3.63) is 0 Å². The van der Waals surface area contributed by atoms with Gasteiger partial charge in [-0.1, -0.05) is 13.8 Å². The van der Waals surface area contributed by atoms with Crippen LogP contribution in [0.1, 0.15) is 20.3 Å². The van der Waals surface area contributed by atoms with Crippen LogP contribution >= 0.6 is 0 Å². The Hall–Kier alpha value is -0.0800. The molecule has 0 aromatic heterocycles. The summed E-state index contributed by atoms with van der Waals surface area (Å²) in [7, 11) is 0. The minimum Gasteiger partial charge on any atom is -0.396 e. The third-order valence-electron chi connectivity index (χ3n) is 1.74. The van der Waals surface area contributed by atoms with E-state index in [2.05, 4.69) is 13.8 Å². The van der Waals surface area contributed by atoms with Crippen molar-refractivity contribution < 1.29 is 9.84 Å². The monoisotopic (exact) mass is 144 g/mol. The molecule has 10 heavy (non-hydrogen) atoms. The highest BCUT2D eigenvalue weighted by atomic mass is 16.5. The number of aliphatic hydroxyl groups excluding tert-OH is 1. The molecule has 60 valence electrons. The molecule has 0 amide bonds. The van der Waals surface area contributed by atoms with E-state index in [4.69, 9.17) is 9.84 Å². The van der Waals surface area contributed by atoms with Crippen molar-refractivity contribution in [1.82, 2.24) is 0 Å². The number of hydrogen-bond acceptors (Lipinski definition) is 2. The lowest BCUT2D eigenvalue weighted by atomic mass is 10.2. The minimum absolute atomic E-state index is 0.294. The maximum Gasteiger partial charge on any atom is 0.0630 e. The van der Waals surface area contributed by atoms with Gasteiger partial charge in [0.2, 0.25) is 0 Å². The highest BCUT2D eigenvalue weighted by Gasteiger charge is 2.37. The molecule has 1 rings (SSSR count). The summed E-state index contributed by atoms with van der Waals surface area (Å²) in [5.74, 6) is 1.05. The Morgan fingerprint density at radius 2 is 2.30 bits per heavy atom. The first-order valence-electron chi connectivity index (χ1n) is 3.96. The Kier molecular flexibility index (Phi) is 2.69. The standard InChI is InChI=1S/C8H16O2/c1-6(2)5-10-8-3-7(8)4-9/h6-9H,3-5H2,1-2H3/t7-,8+/m1/s1. The van der Waals surface area contributed by atoms with Crippen LogP contribution in [-0.4, -0.2) is 24.4 Å². The predicted octanol–water partition coefficient (Wildman–Crippen LogP) is 1.04. The molecule has 0 bridgehead atoms. The largest absolute Gasteiger partial charge is 0.396 e. The second-order valence-corrected chi connectivity index (χ2v) is 3.44. The summed E-state index contributed by atoms with van der Waals surface area (Å²) in [6.45, 7) is 5.40. The molecule has 0 aromatic rings. The molecule has 1 saturated carbocycles. The van der Waals surface area contributed by atoms with E-state index in [-0.39, 0.29) is 0 Å². The Morgan fingerprint density at radius 1 is 1.60 bits per heavy atom. The normalized spacial score (nSPS) is 31.2. The van der Waals surface area contributed by atoms with E-state index in [0.29, 0.717) is 24.5 Å². The van der Waals surface area contributed by atoms with E-state index in [1.165, 1.54) is 0 Å². The van der Waals surface area contributed by atoms with E-state index < -0.39 is 0 Å². The van der Waals surface area contributed by atoms with E-state index in [1.54, 1.807) is 0 Å². The SMILES string of the molecule is CC(C)CO[C@H]1C[C@@H]1CO. The van der Waals surface area contributed by atoms with Gasteiger partial charge in [-0.2, -0.15) is 0 Å². The Labute approximate surface area is 62.2 Å². The first-order valence-corrected chi connectivity index (χ1v) is 3.96. The van der Waals surface area contributed by atoms with Gasteiger partial charge in [0.05, 0.1) is 6.10 Å². The van der Waals surface area contributed by atoms with Gasteiger partial charge in [-0.05, 0) is 12.3 Å². The number of rotatable bonds is 4.